The second kappa shape index (κ2) is 12.8. The van der Waals surface area contributed by atoms with Gasteiger partial charge in [-0.15, -0.1) is 0 Å². The van der Waals surface area contributed by atoms with Gasteiger partial charge in [-0.25, -0.2) is 0 Å². The number of fused-ring (bicyclic) bond motifs is 7. The third-order valence-electron chi connectivity index (χ3n) is 15.2. The Morgan fingerprint density at radius 3 is 1.98 bits per heavy atom. The highest BCUT2D eigenvalue weighted by Gasteiger charge is 2.72. The van der Waals surface area contributed by atoms with Gasteiger partial charge in [0.2, 0.25) is 0 Å². The molecular formula is C41H66O6. The number of methoxy groups -OCH3 is 1. The first-order chi connectivity index (χ1) is 22.0. The predicted octanol–water partition coefficient (Wildman–Crippen LogP) is 9.78. The largest absolute Gasteiger partial charge is 0.468 e. The van der Waals surface area contributed by atoms with Gasteiger partial charge in [-0.3, -0.25) is 14.4 Å². The van der Waals surface area contributed by atoms with Crippen LogP contribution in [0, 0.1) is 50.2 Å². The fourth-order valence-electron chi connectivity index (χ4n) is 12.3. The van der Waals surface area contributed by atoms with E-state index >= 15 is 0 Å². The Morgan fingerprint density at radius 1 is 0.766 bits per heavy atom. The maximum Gasteiger partial charge on any atom is 0.316 e. The molecule has 0 heterocycles. The van der Waals surface area contributed by atoms with Crippen molar-refractivity contribution in [3.05, 3.63) is 11.6 Å². The SMILES string of the molecule is CCCCC(=O)O[C@H]1CC[C@]2(C)[C@H]3CC=C4[C@H]5CC(C)(C)CC[C@]5(C(=O)OC)[C@H](OC(=O)CCCC)C[C@@]4(C)[C@]3(C)CC[C@H]2C1(C)C. The molecule has 5 rings (SSSR count). The van der Waals surface area contributed by atoms with Crippen LogP contribution in [0.1, 0.15) is 159 Å². The van der Waals surface area contributed by atoms with Crippen molar-refractivity contribution in [3.63, 3.8) is 0 Å². The molecule has 0 amide bonds. The Kier molecular flexibility index (Phi) is 9.92. The van der Waals surface area contributed by atoms with Crippen molar-refractivity contribution in [2.24, 2.45) is 50.2 Å². The monoisotopic (exact) mass is 654 g/mol. The summed E-state index contributed by atoms with van der Waals surface area (Å²) in [7, 11) is 1.51. The van der Waals surface area contributed by atoms with Gasteiger partial charge < -0.3 is 14.2 Å². The Balaban J connectivity index is 1.55. The molecule has 0 aliphatic heterocycles. The number of allylic oxidation sites excluding steroid dienone is 2. The number of ether oxygens (including phenoxy) is 3. The van der Waals surface area contributed by atoms with Gasteiger partial charge in [0.05, 0.1) is 7.11 Å². The second-order valence-corrected chi connectivity index (χ2v) is 18.5. The van der Waals surface area contributed by atoms with Gasteiger partial charge in [0.25, 0.3) is 0 Å². The third-order valence-corrected chi connectivity index (χ3v) is 15.2. The van der Waals surface area contributed by atoms with Crippen molar-refractivity contribution in [1.29, 1.82) is 0 Å². The smallest absolute Gasteiger partial charge is 0.316 e. The molecular weight excluding hydrogens is 588 g/mol. The van der Waals surface area contributed by atoms with E-state index in [0.717, 1.165) is 70.6 Å². The van der Waals surface area contributed by atoms with Crippen LogP contribution in [0.4, 0.5) is 0 Å². The van der Waals surface area contributed by atoms with Gasteiger partial charge in [0.1, 0.15) is 17.6 Å². The van der Waals surface area contributed by atoms with Crippen LogP contribution in [0.3, 0.4) is 0 Å². The molecule has 0 N–H and O–H groups in total. The number of carbonyl (C=O) groups excluding carboxylic acids is 3. The molecule has 0 radical (unpaired) electrons. The van der Waals surface area contributed by atoms with Crippen molar-refractivity contribution in [3.8, 4) is 0 Å². The van der Waals surface area contributed by atoms with Gasteiger partial charge in [-0.2, -0.15) is 0 Å². The van der Waals surface area contributed by atoms with Gasteiger partial charge >= 0.3 is 17.9 Å². The van der Waals surface area contributed by atoms with Crippen LogP contribution in [0.25, 0.3) is 0 Å². The van der Waals surface area contributed by atoms with Crippen LogP contribution in [0.5, 0.6) is 0 Å². The average molecular weight is 655 g/mol. The zero-order valence-corrected chi connectivity index (χ0v) is 31.5. The van der Waals surface area contributed by atoms with Gasteiger partial charge in [-0.05, 0) is 104 Å². The number of hydrogen-bond donors (Lipinski definition) is 0. The van der Waals surface area contributed by atoms with E-state index in [1.165, 1.54) is 12.7 Å². The lowest BCUT2D eigenvalue weighted by atomic mass is 9.33. The van der Waals surface area contributed by atoms with E-state index in [1.807, 2.05) is 0 Å². The van der Waals surface area contributed by atoms with E-state index in [0.29, 0.717) is 37.5 Å². The summed E-state index contributed by atoms with van der Waals surface area (Å²) in [5, 5.41) is 0. The molecule has 6 heteroatoms. The van der Waals surface area contributed by atoms with Crippen LogP contribution in [-0.4, -0.2) is 37.2 Å². The van der Waals surface area contributed by atoms with Gasteiger partial charge in [0, 0.05) is 24.2 Å². The molecule has 0 unspecified atom stereocenters. The highest BCUT2D eigenvalue weighted by molar-refractivity contribution is 5.80. The van der Waals surface area contributed by atoms with Crippen molar-refractivity contribution in [1.82, 2.24) is 0 Å². The van der Waals surface area contributed by atoms with E-state index < -0.39 is 11.5 Å². The van der Waals surface area contributed by atoms with E-state index in [-0.39, 0.29) is 57.0 Å². The Labute approximate surface area is 285 Å². The Bertz CT molecular complexity index is 1250. The summed E-state index contributed by atoms with van der Waals surface area (Å²) in [6, 6.07) is 0. The molecule has 6 nitrogen and oxygen atoms in total. The minimum absolute atomic E-state index is 0.0144. The molecule has 5 aliphatic rings. The molecule has 0 aromatic heterocycles. The molecule has 0 saturated heterocycles. The van der Waals surface area contributed by atoms with Crippen molar-refractivity contribution < 1.29 is 28.6 Å². The minimum atomic E-state index is -0.844. The van der Waals surface area contributed by atoms with Crippen LogP contribution >= 0.6 is 0 Å². The highest BCUT2D eigenvalue weighted by Crippen LogP contribution is 2.76. The molecule has 0 aromatic rings. The number of hydrogen-bond acceptors (Lipinski definition) is 6. The van der Waals surface area contributed by atoms with Crippen molar-refractivity contribution in [2.45, 2.75) is 171 Å². The Morgan fingerprint density at radius 2 is 1.38 bits per heavy atom. The van der Waals surface area contributed by atoms with Crippen LogP contribution in [0.15, 0.2) is 11.6 Å². The molecule has 5 aliphatic carbocycles. The molecule has 9 atom stereocenters. The molecule has 4 fully saturated rings. The van der Waals surface area contributed by atoms with Crippen molar-refractivity contribution in [2.75, 3.05) is 7.11 Å². The van der Waals surface area contributed by atoms with Gasteiger partial charge in [-0.1, -0.05) is 86.8 Å². The fraction of sp³-hybridized carbons (Fsp3) is 0.878. The van der Waals surface area contributed by atoms with E-state index in [2.05, 4.69) is 68.4 Å². The average Bonchev–Trinajstić information content (AvgIpc) is 3.00. The van der Waals surface area contributed by atoms with E-state index in [9.17, 15) is 14.4 Å². The summed E-state index contributed by atoms with van der Waals surface area (Å²) in [5.74, 6) is 0.445. The quantitative estimate of drug-likeness (QED) is 0.140. The third kappa shape index (κ3) is 5.72. The lowest BCUT2D eigenvalue weighted by Gasteiger charge is -2.71. The van der Waals surface area contributed by atoms with Gasteiger partial charge in [0.15, 0.2) is 0 Å². The summed E-state index contributed by atoms with van der Waals surface area (Å²) in [6.45, 7) is 21.1. The maximum atomic E-state index is 14.1. The first-order valence-corrected chi connectivity index (χ1v) is 19.1. The number of rotatable bonds is 9. The maximum absolute atomic E-state index is 14.1. The summed E-state index contributed by atoms with van der Waals surface area (Å²) in [4.78, 5) is 40.3. The number of carbonyl (C=O) groups is 3. The molecule has 0 bridgehead atoms. The normalized spacial score (nSPS) is 41.6. The standard InChI is InChI=1S/C41H66O6/c1-11-13-15-33(42)46-31-20-21-38(7)29(37(31,5)6)19-22-39(8)30(38)18-17-27-28-25-36(3,4)23-24-41(28,35(44)45-10)32(26-40(27,39)9)47-34(43)16-14-12-2/h17,28-32H,11-16,18-26H2,1-10H3/t28-,29+,30-,31+,32-,38+,39-,40-,41-/m1/s1. The lowest BCUT2D eigenvalue weighted by molar-refractivity contribution is -0.227. The number of esters is 3. The van der Waals surface area contributed by atoms with Crippen LogP contribution < -0.4 is 0 Å². The zero-order valence-electron chi connectivity index (χ0n) is 31.5. The predicted molar refractivity (Wildman–Crippen MR) is 185 cm³/mol. The summed E-state index contributed by atoms with van der Waals surface area (Å²) in [5.41, 5.74) is 0.390. The van der Waals surface area contributed by atoms with E-state index in [4.69, 9.17) is 14.2 Å². The molecule has 0 aromatic carbocycles. The van der Waals surface area contributed by atoms with Crippen LogP contribution in [0.2, 0.25) is 0 Å². The molecule has 0 spiro atoms. The summed E-state index contributed by atoms with van der Waals surface area (Å²) >= 11 is 0. The zero-order chi connectivity index (χ0) is 34.6. The second-order valence-electron chi connectivity index (χ2n) is 18.5. The first-order valence-electron chi connectivity index (χ1n) is 19.1. The summed E-state index contributed by atoms with van der Waals surface area (Å²) < 4.78 is 18.4. The Hall–Kier alpha value is -1.85. The highest BCUT2D eigenvalue weighted by atomic mass is 16.6. The number of unbranched alkanes of at least 4 members (excludes halogenated alkanes) is 2. The molecule has 266 valence electrons. The lowest BCUT2D eigenvalue weighted by Crippen LogP contribution is -2.68. The first kappa shape index (κ1) is 36.4. The molecule has 47 heavy (non-hydrogen) atoms. The topological polar surface area (TPSA) is 78.9 Å². The van der Waals surface area contributed by atoms with Crippen molar-refractivity contribution >= 4 is 17.9 Å². The fourth-order valence-corrected chi connectivity index (χ4v) is 12.3. The molecule has 4 saturated carbocycles. The minimum Gasteiger partial charge on any atom is -0.468 e. The van der Waals surface area contributed by atoms with E-state index in [1.54, 1.807) is 0 Å². The summed E-state index contributed by atoms with van der Waals surface area (Å²) in [6.07, 6.45) is 14.7. The van der Waals surface area contributed by atoms with Crippen LogP contribution in [-0.2, 0) is 28.6 Å².